The van der Waals surface area contributed by atoms with Gasteiger partial charge in [0.2, 0.25) is 0 Å². The molecule has 0 unspecified atom stereocenters. The van der Waals surface area contributed by atoms with Crippen molar-refractivity contribution in [2.45, 2.75) is 13.0 Å². The van der Waals surface area contributed by atoms with E-state index in [0.29, 0.717) is 6.54 Å². The Kier molecular flexibility index (Phi) is 4.15. The lowest BCUT2D eigenvalue weighted by Gasteiger charge is -2.06. The summed E-state index contributed by atoms with van der Waals surface area (Å²) in [6.07, 6.45) is 0.224. The number of aromatic nitrogens is 2. The van der Waals surface area contributed by atoms with Crippen molar-refractivity contribution in [2.24, 2.45) is 0 Å². The van der Waals surface area contributed by atoms with Crippen molar-refractivity contribution in [2.75, 3.05) is 7.11 Å². The van der Waals surface area contributed by atoms with Crippen LogP contribution in [0.3, 0.4) is 0 Å². The van der Waals surface area contributed by atoms with Crippen molar-refractivity contribution >= 4 is 21.9 Å². The number of carbonyl (C=O) groups is 1. The average molecular weight is 309 g/mol. The molecule has 0 saturated carbocycles. The number of methoxy groups -OCH3 is 1. The molecular formula is C13H13BrN2O2. The molecule has 0 N–H and O–H groups in total. The van der Waals surface area contributed by atoms with Crippen molar-refractivity contribution in [3.8, 4) is 0 Å². The molecule has 1 aromatic heterocycles. The zero-order valence-electron chi connectivity index (χ0n) is 9.97. The van der Waals surface area contributed by atoms with Gasteiger partial charge in [0, 0.05) is 0 Å². The molecule has 0 bridgehead atoms. The van der Waals surface area contributed by atoms with E-state index in [1.165, 1.54) is 7.11 Å². The number of esters is 1. The van der Waals surface area contributed by atoms with Gasteiger partial charge in [0.15, 0.2) is 0 Å². The van der Waals surface area contributed by atoms with E-state index in [-0.39, 0.29) is 12.4 Å². The maximum Gasteiger partial charge on any atom is 0.311 e. The van der Waals surface area contributed by atoms with Crippen LogP contribution in [0.1, 0.15) is 11.3 Å². The number of halogens is 1. The van der Waals surface area contributed by atoms with Crippen LogP contribution in [0, 0.1) is 0 Å². The van der Waals surface area contributed by atoms with Crippen LogP contribution in [0.15, 0.2) is 41.0 Å². The van der Waals surface area contributed by atoms with E-state index >= 15 is 0 Å². The summed E-state index contributed by atoms with van der Waals surface area (Å²) in [6, 6.07) is 11.8. The number of hydrogen-bond acceptors (Lipinski definition) is 3. The third kappa shape index (κ3) is 3.20. The molecule has 5 heteroatoms. The van der Waals surface area contributed by atoms with Gasteiger partial charge in [0.25, 0.3) is 0 Å². The number of carbonyl (C=O) groups excluding carboxylic acids is 1. The second-order valence-electron chi connectivity index (χ2n) is 3.85. The molecule has 0 saturated heterocycles. The fourth-order valence-electron chi connectivity index (χ4n) is 1.68. The van der Waals surface area contributed by atoms with Crippen LogP contribution in [0.2, 0.25) is 0 Å². The van der Waals surface area contributed by atoms with Gasteiger partial charge in [-0.25, -0.2) is 0 Å². The largest absolute Gasteiger partial charge is 0.469 e. The maximum atomic E-state index is 11.3. The van der Waals surface area contributed by atoms with E-state index in [1.54, 1.807) is 4.68 Å². The van der Waals surface area contributed by atoms with Gasteiger partial charge in [-0.05, 0) is 27.6 Å². The fraction of sp³-hybridized carbons (Fsp3) is 0.231. The first kappa shape index (κ1) is 12.8. The Morgan fingerprint density at radius 2 is 2.11 bits per heavy atom. The van der Waals surface area contributed by atoms with Crippen LogP contribution in [0.25, 0.3) is 0 Å². The third-order valence-corrected chi connectivity index (χ3v) is 2.95. The first-order valence-electron chi connectivity index (χ1n) is 5.52. The SMILES string of the molecule is COC(=O)Cc1cc(Br)nn1Cc1ccccc1. The standard InChI is InChI=1S/C13H13BrN2O2/c1-18-13(17)8-11-7-12(14)15-16(11)9-10-5-3-2-4-6-10/h2-7H,8-9H2,1H3. The Hall–Kier alpha value is -1.62. The molecule has 0 spiro atoms. The lowest BCUT2D eigenvalue weighted by Crippen LogP contribution is -2.12. The van der Waals surface area contributed by atoms with E-state index in [2.05, 4.69) is 25.8 Å². The first-order valence-corrected chi connectivity index (χ1v) is 6.31. The topological polar surface area (TPSA) is 44.1 Å². The van der Waals surface area contributed by atoms with Crippen molar-refractivity contribution in [3.63, 3.8) is 0 Å². The quantitative estimate of drug-likeness (QED) is 0.815. The van der Waals surface area contributed by atoms with Gasteiger partial charge in [0.1, 0.15) is 4.60 Å². The molecule has 94 valence electrons. The summed E-state index contributed by atoms with van der Waals surface area (Å²) < 4.78 is 7.19. The molecule has 18 heavy (non-hydrogen) atoms. The van der Waals surface area contributed by atoms with Crippen LogP contribution in [-0.2, 0) is 22.5 Å². The number of ether oxygens (including phenoxy) is 1. The third-order valence-electron chi connectivity index (χ3n) is 2.56. The smallest absolute Gasteiger partial charge is 0.311 e. The van der Waals surface area contributed by atoms with E-state index in [0.717, 1.165) is 15.9 Å². The summed E-state index contributed by atoms with van der Waals surface area (Å²) >= 11 is 3.32. The summed E-state index contributed by atoms with van der Waals surface area (Å²) in [5, 5.41) is 4.32. The second-order valence-corrected chi connectivity index (χ2v) is 4.67. The minimum Gasteiger partial charge on any atom is -0.469 e. The summed E-state index contributed by atoms with van der Waals surface area (Å²) in [5.74, 6) is -0.267. The summed E-state index contributed by atoms with van der Waals surface area (Å²) in [6.45, 7) is 0.638. The van der Waals surface area contributed by atoms with E-state index in [1.807, 2.05) is 36.4 Å². The molecule has 0 aliphatic heterocycles. The lowest BCUT2D eigenvalue weighted by atomic mass is 10.2. The van der Waals surface area contributed by atoms with E-state index in [9.17, 15) is 4.79 Å². The van der Waals surface area contributed by atoms with Crippen LogP contribution >= 0.6 is 15.9 Å². The highest BCUT2D eigenvalue weighted by Gasteiger charge is 2.11. The Bertz CT molecular complexity index is 537. The van der Waals surface area contributed by atoms with Gasteiger partial charge < -0.3 is 4.74 Å². The van der Waals surface area contributed by atoms with Crippen LogP contribution < -0.4 is 0 Å². The molecule has 2 aromatic rings. The number of nitrogens with zero attached hydrogens (tertiary/aromatic N) is 2. The molecule has 0 aliphatic rings. The highest BCUT2D eigenvalue weighted by molar-refractivity contribution is 9.10. The first-order chi connectivity index (χ1) is 8.69. The Morgan fingerprint density at radius 3 is 2.78 bits per heavy atom. The highest BCUT2D eigenvalue weighted by Crippen LogP contribution is 2.14. The predicted molar refractivity (Wildman–Crippen MR) is 71.2 cm³/mol. The molecule has 2 rings (SSSR count). The molecule has 0 fully saturated rings. The monoisotopic (exact) mass is 308 g/mol. The van der Waals surface area contributed by atoms with Crippen LogP contribution in [0.5, 0.6) is 0 Å². The van der Waals surface area contributed by atoms with Crippen molar-refractivity contribution in [1.82, 2.24) is 9.78 Å². The highest BCUT2D eigenvalue weighted by atomic mass is 79.9. The Balaban J connectivity index is 2.19. The van der Waals surface area contributed by atoms with Crippen LogP contribution in [0.4, 0.5) is 0 Å². The van der Waals surface area contributed by atoms with Gasteiger partial charge in [-0.1, -0.05) is 30.3 Å². The van der Waals surface area contributed by atoms with Gasteiger partial charge >= 0.3 is 5.97 Å². The van der Waals surface area contributed by atoms with Gasteiger partial charge in [0.05, 0.1) is 25.8 Å². The van der Waals surface area contributed by atoms with E-state index < -0.39 is 0 Å². The summed E-state index contributed by atoms with van der Waals surface area (Å²) in [7, 11) is 1.38. The Labute approximate surface area is 114 Å². The van der Waals surface area contributed by atoms with Crippen LogP contribution in [-0.4, -0.2) is 22.9 Å². The van der Waals surface area contributed by atoms with E-state index in [4.69, 9.17) is 0 Å². The molecule has 0 aliphatic carbocycles. The van der Waals surface area contributed by atoms with Gasteiger partial charge in [-0.15, -0.1) is 0 Å². The molecular weight excluding hydrogens is 296 g/mol. The average Bonchev–Trinajstić information content (AvgIpc) is 2.70. The molecule has 0 atom stereocenters. The predicted octanol–water partition coefficient (Wildman–Crippen LogP) is 2.41. The number of hydrogen-bond donors (Lipinski definition) is 0. The van der Waals surface area contributed by atoms with Crippen molar-refractivity contribution in [1.29, 1.82) is 0 Å². The maximum absolute atomic E-state index is 11.3. The lowest BCUT2D eigenvalue weighted by molar-refractivity contribution is -0.139. The number of rotatable bonds is 4. The molecule has 1 aromatic carbocycles. The molecule has 0 amide bonds. The molecule has 4 nitrogen and oxygen atoms in total. The summed E-state index contributed by atoms with van der Waals surface area (Å²) in [4.78, 5) is 11.3. The zero-order valence-corrected chi connectivity index (χ0v) is 11.6. The molecule has 0 radical (unpaired) electrons. The summed E-state index contributed by atoms with van der Waals surface area (Å²) in [5.41, 5.74) is 1.97. The zero-order chi connectivity index (χ0) is 13.0. The van der Waals surface area contributed by atoms with Crippen molar-refractivity contribution in [3.05, 3.63) is 52.3 Å². The van der Waals surface area contributed by atoms with Crippen molar-refractivity contribution < 1.29 is 9.53 Å². The fourth-order valence-corrected chi connectivity index (χ4v) is 2.13. The second kappa shape index (κ2) is 5.82. The van der Waals surface area contributed by atoms with Gasteiger partial charge in [-0.2, -0.15) is 5.10 Å². The molecule has 1 heterocycles. The number of benzene rings is 1. The van der Waals surface area contributed by atoms with Gasteiger partial charge in [-0.3, -0.25) is 9.48 Å². The minimum absolute atomic E-state index is 0.224. The normalized spacial score (nSPS) is 10.3. The Morgan fingerprint density at radius 1 is 1.39 bits per heavy atom. The minimum atomic E-state index is -0.267.